The van der Waals surface area contributed by atoms with Crippen LogP contribution in [0.15, 0.2) is 23.1 Å². The van der Waals surface area contributed by atoms with Crippen LogP contribution in [0.5, 0.6) is 0 Å². The van der Waals surface area contributed by atoms with Crippen LogP contribution in [0.3, 0.4) is 0 Å². The summed E-state index contributed by atoms with van der Waals surface area (Å²) in [5, 5.41) is 21.3. The molecule has 0 atom stereocenters. The summed E-state index contributed by atoms with van der Waals surface area (Å²) in [6.07, 6.45) is 7.05. The molecule has 0 bridgehead atoms. The molecule has 8 nitrogen and oxygen atoms in total. The van der Waals surface area contributed by atoms with E-state index in [1.165, 1.54) is 43.9 Å². The van der Waals surface area contributed by atoms with Crippen LogP contribution < -0.4 is 4.72 Å². The molecule has 2 N–H and O–H groups in total. The van der Waals surface area contributed by atoms with Crippen LogP contribution >= 0.6 is 0 Å². The molecule has 1 aliphatic carbocycles. The van der Waals surface area contributed by atoms with Crippen molar-refractivity contribution in [2.45, 2.75) is 50.0 Å². The molecule has 1 heterocycles. The molecule has 0 aliphatic heterocycles. The van der Waals surface area contributed by atoms with Crippen molar-refractivity contribution in [3.8, 4) is 11.4 Å². The minimum absolute atomic E-state index is 0.0844. The number of tetrazole rings is 1. The molecule has 1 aliphatic rings. The summed E-state index contributed by atoms with van der Waals surface area (Å²) in [4.78, 5) is 1.50. The fraction of sp³-hybridized carbons (Fsp3) is 0.588. The maximum absolute atomic E-state index is 12.2. The van der Waals surface area contributed by atoms with E-state index in [4.69, 9.17) is 5.11 Å². The van der Waals surface area contributed by atoms with Gasteiger partial charge in [-0.1, -0.05) is 38.2 Å². The Kier molecular flexibility index (Phi) is 6.00. The number of hydrogen-bond donors (Lipinski definition) is 2. The zero-order valence-corrected chi connectivity index (χ0v) is 15.7. The van der Waals surface area contributed by atoms with E-state index < -0.39 is 10.0 Å². The van der Waals surface area contributed by atoms with E-state index in [0.29, 0.717) is 17.3 Å². The van der Waals surface area contributed by atoms with Crippen LogP contribution in [0.2, 0.25) is 0 Å². The van der Waals surface area contributed by atoms with Crippen LogP contribution in [0.25, 0.3) is 11.4 Å². The van der Waals surface area contributed by atoms with Gasteiger partial charge in [0.15, 0.2) is 0 Å². The Morgan fingerprint density at radius 1 is 1.27 bits per heavy atom. The number of nitrogens with zero attached hydrogens (tertiary/aromatic N) is 4. The molecule has 1 aromatic carbocycles. The van der Waals surface area contributed by atoms with Crippen molar-refractivity contribution in [2.75, 3.05) is 13.7 Å². The number of sulfonamides is 1. The zero-order valence-electron chi connectivity index (χ0n) is 14.9. The second-order valence-electron chi connectivity index (χ2n) is 6.67. The first kappa shape index (κ1) is 18.9. The fourth-order valence-corrected chi connectivity index (χ4v) is 4.22. The number of aliphatic hydroxyl groups excluding tert-OH is 1. The molecule has 1 aromatic heterocycles. The lowest BCUT2D eigenvalue weighted by Crippen LogP contribution is -2.19. The SMILES string of the molecule is CNS(=O)(=O)c1ccc(CC2CCCCC2)c(-c2nnn(CCO)n2)c1. The summed E-state index contributed by atoms with van der Waals surface area (Å²) in [7, 11) is -2.17. The maximum Gasteiger partial charge on any atom is 0.240 e. The van der Waals surface area contributed by atoms with E-state index in [0.717, 1.165) is 12.0 Å². The number of aliphatic hydroxyl groups is 1. The van der Waals surface area contributed by atoms with Gasteiger partial charge in [-0.25, -0.2) is 13.1 Å². The highest BCUT2D eigenvalue weighted by molar-refractivity contribution is 7.89. The summed E-state index contributed by atoms with van der Waals surface area (Å²) >= 11 is 0. The Bertz CT molecular complexity index is 844. The van der Waals surface area contributed by atoms with E-state index >= 15 is 0 Å². The van der Waals surface area contributed by atoms with Gasteiger partial charge >= 0.3 is 0 Å². The Hall–Kier alpha value is -1.84. The topological polar surface area (TPSA) is 110 Å². The summed E-state index contributed by atoms with van der Waals surface area (Å²) in [5.41, 5.74) is 1.73. The second-order valence-corrected chi connectivity index (χ2v) is 8.55. The van der Waals surface area contributed by atoms with Crippen LogP contribution in [0.1, 0.15) is 37.7 Å². The lowest BCUT2D eigenvalue weighted by Gasteiger charge is -2.22. The maximum atomic E-state index is 12.2. The number of benzene rings is 1. The van der Waals surface area contributed by atoms with Gasteiger partial charge in [0.05, 0.1) is 18.0 Å². The van der Waals surface area contributed by atoms with Gasteiger partial charge in [-0.2, -0.15) is 4.80 Å². The molecular formula is C17H25N5O3S. The first-order valence-electron chi connectivity index (χ1n) is 8.99. The van der Waals surface area contributed by atoms with E-state index in [2.05, 4.69) is 20.1 Å². The Morgan fingerprint density at radius 2 is 2.04 bits per heavy atom. The Morgan fingerprint density at radius 3 is 2.73 bits per heavy atom. The normalized spacial score (nSPS) is 16.1. The van der Waals surface area contributed by atoms with Gasteiger partial charge in [0, 0.05) is 5.56 Å². The summed E-state index contributed by atoms with van der Waals surface area (Å²) in [6.45, 7) is 0.165. The molecule has 0 amide bonds. The molecule has 1 saturated carbocycles. The monoisotopic (exact) mass is 379 g/mol. The summed E-state index contributed by atoms with van der Waals surface area (Å²) in [5.74, 6) is 0.985. The third kappa shape index (κ3) is 4.28. The fourth-order valence-electron chi connectivity index (χ4n) is 3.46. The van der Waals surface area contributed by atoms with Crippen LogP contribution in [-0.2, 0) is 23.0 Å². The minimum atomic E-state index is -3.55. The average molecular weight is 379 g/mol. The molecule has 142 valence electrons. The highest BCUT2D eigenvalue weighted by Gasteiger charge is 2.21. The standard InChI is InChI=1S/C17H25N5O3S/c1-18-26(24,25)15-8-7-14(11-13-5-3-2-4-6-13)16(12-15)17-19-21-22(20-17)9-10-23/h7-8,12-13,18,23H,2-6,9-11H2,1H3. The van der Waals surface area contributed by atoms with Crippen LogP contribution in [-0.4, -0.2) is 47.4 Å². The van der Waals surface area contributed by atoms with Gasteiger partial charge < -0.3 is 5.11 Å². The predicted octanol–water partition coefficient (Wildman–Crippen LogP) is 1.36. The Balaban J connectivity index is 1.98. The van der Waals surface area contributed by atoms with E-state index in [1.54, 1.807) is 12.1 Å². The lowest BCUT2D eigenvalue weighted by molar-refractivity contribution is 0.259. The average Bonchev–Trinajstić information content (AvgIpc) is 3.11. The molecule has 0 unspecified atom stereocenters. The molecular weight excluding hydrogens is 354 g/mol. The molecule has 2 aromatic rings. The highest BCUT2D eigenvalue weighted by atomic mass is 32.2. The van der Waals surface area contributed by atoms with Gasteiger partial charge in [-0.3, -0.25) is 0 Å². The van der Waals surface area contributed by atoms with Crippen LogP contribution in [0.4, 0.5) is 0 Å². The molecule has 9 heteroatoms. The molecule has 0 saturated heterocycles. The first-order valence-corrected chi connectivity index (χ1v) is 10.5. The quantitative estimate of drug-likeness (QED) is 0.752. The molecule has 3 rings (SSSR count). The minimum Gasteiger partial charge on any atom is -0.394 e. The second kappa shape index (κ2) is 8.24. The van der Waals surface area contributed by atoms with E-state index in [-0.39, 0.29) is 18.0 Å². The van der Waals surface area contributed by atoms with Crippen molar-refractivity contribution in [1.29, 1.82) is 0 Å². The number of aromatic nitrogens is 4. The highest BCUT2D eigenvalue weighted by Crippen LogP contribution is 2.31. The van der Waals surface area contributed by atoms with Gasteiger partial charge in [0.1, 0.15) is 0 Å². The van der Waals surface area contributed by atoms with Crippen molar-refractivity contribution < 1.29 is 13.5 Å². The number of nitrogens with one attached hydrogen (secondary N) is 1. The van der Waals surface area contributed by atoms with Gasteiger partial charge in [0.2, 0.25) is 15.8 Å². The van der Waals surface area contributed by atoms with Gasteiger partial charge in [-0.15, -0.1) is 10.2 Å². The van der Waals surface area contributed by atoms with E-state index in [1.807, 2.05) is 6.07 Å². The van der Waals surface area contributed by atoms with Crippen molar-refractivity contribution in [3.05, 3.63) is 23.8 Å². The third-order valence-electron chi connectivity index (χ3n) is 4.89. The van der Waals surface area contributed by atoms with Gasteiger partial charge in [0.25, 0.3) is 0 Å². The first-order chi connectivity index (χ1) is 12.5. The molecule has 0 spiro atoms. The lowest BCUT2D eigenvalue weighted by atomic mass is 9.84. The Labute approximate surface area is 153 Å². The zero-order chi connectivity index (χ0) is 18.6. The van der Waals surface area contributed by atoms with Crippen molar-refractivity contribution in [2.24, 2.45) is 5.92 Å². The number of rotatable bonds is 7. The third-order valence-corrected chi connectivity index (χ3v) is 6.30. The van der Waals surface area contributed by atoms with Crippen molar-refractivity contribution in [3.63, 3.8) is 0 Å². The molecule has 26 heavy (non-hydrogen) atoms. The summed E-state index contributed by atoms with van der Waals surface area (Å²) in [6, 6.07) is 5.11. The van der Waals surface area contributed by atoms with E-state index in [9.17, 15) is 8.42 Å². The largest absolute Gasteiger partial charge is 0.394 e. The summed E-state index contributed by atoms with van der Waals surface area (Å²) < 4.78 is 26.7. The van der Waals surface area contributed by atoms with Crippen molar-refractivity contribution in [1.82, 2.24) is 24.9 Å². The number of hydrogen-bond acceptors (Lipinski definition) is 6. The van der Waals surface area contributed by atoms with Crippen molar-refractivity contribution >= 4 is 10.0 Å². The predicted molar refractivity (Wildman–Crippen MR) is 96.9 cm³/mol. The van der Waals surface area contributed by atoms with Crippen LogP contribution in [0, 0.1) is 5.92 Å². The smallest absolute Gasteiger partial charge is 0.240 e. The molecule has 1 fully saturated rings. The van der Waals surface area contributed by atoms with Gasteiger partial charge in [-0.05, 0) is 42.3 Å². The molecule has 0 radical (unpaired) electrons.